The highest BCUT2D eigenvalue weighted by atomic mass is 32.2. The lowest BCUT2D eigenvalue weighted by atomic mass is 10.1. The van der Waals surface area contributed by atoms with Gasteiger partial charge < -0.3 is 19.3 Å². The van der Waals surface area contributed by atoms with Crippen LogP contribution in [-0.4, -0.2) is 52.7 Å². The number of carboxylic acid groups (broad SMARTS) is 1. The van der Waals surface area contributed by atoms with Gasteiger partial charge >= 0.3 is 12.6 Å². The Labute approximate surface area is 188 Å². The Morgan fingerprint density at radius 2 is 1.67 bits per heavy atom. The first kappa shape index (κ1) is 25.7. The molecule has 0 spiro atoms. The van der Waals surface area contributed by atoms with Crippen LogP contribution in [0.1, 0.15) is 22.3 Å². The van der Waals surface area contributed by atoms with Gasteiger partial charge in [0, 0.05) is 12.1 Å². The second kappa shape index (κ2) is 11.4. The van der Waals surface area contributed by atoms with Crippen molar-refractivity contribution in [1.29, 1.82) is 0 Å². The molecule has 2 aromatic rings. The van der Waals surface area contributed by atoms with Crippen LogP contribution >= 0.6 is 0 Å². The van der Waals surface area contributed by atoms with E-state index in [9.17, 15) is 26.8 Å². The third-order valence-electron chi connectivity index (χ3n) is 4.20. The summed E-state index contributed by atoms with van der Waals surface area (Å²) in [7, 11) is -1.39. The lowest BCUT2D eigenvalue weighted by molar-refractivity contribution is -0.136. The first-order valence-corrected chi connectivity index (χ1v) is 10.8. The van der Waals surface area contributed by atoms with Crippen LogP contribution in [0.25, 0.3) is 6.08 Å². The van der Waals surface area contributed by atoms with Crippen molar-refractivity contribution in [1.82, 2.24) is 4.72 Å². The average Bonchev–Trinajstić information content (AvgIpc) is 2.77. The van der Waals surface area contributed by atoms with E-state index >= 15 is 0 Å². The molecule has 0 heterocycles. The van der Waals surface area contributed by atoms with Gasteiger partial charge in [-0.25, -0.2) is 13.1 Å². The molecule has 2 aromatic carbocycles. The third kappa shape index (κ3) is 7.26. The van der Waals surface area contributed by atoms with Gasteiger partial charge in [0.2, 0.25) is 15.8 Å². The molecule has 2 rings (SSSR count). The van der Waals surface area contributed by atoms with Crippen LogP contribution in [0.4, 0.5) is 8.78 Å². The maximum absolute atomic E-state index is 12.6. The number of carbonyl (C=O) groups is 2. The highest BCUT2D eigenvalue weighted by Gasteiger charge is 2.18. The molecule has 178 valence electrons. The number of alkyl halides is 2. The fourth-order valence-corrected chi connectivity index (χ4v) is 3.68. The number of methoxy groups -OCH3 is 2. The SMILES string of the molecule is COc1cc(/C=C/C(=O)c2ccc(S(=O)(=O)NCCC(=O)O)cc2)cc(OC)c1OC(F)F. The molecule has 0 saturated carbocycles. The number of hydrogen-bond acceptors (Lipinski definition) is 7. The number of hydrogen-bond donors (Lipinski definition) is 2. The molecule has 0 fully saturated rings. The van der Waals surface area contributed by atoms with Gasteiger partial charge in [0.15, 0.2) is 17.3 Å². The molecule has 0 aliphatic carbocycles. The van der Waals surface area contributed by atoms with Crippen LogP contribution in [0.2, 0.25) is 0 Å². The highest BCUT2D eigenvalue weighted by molar-refractivity contribution is 7.89. The zero-order valence-electron chi connectivity index (χ0n) is 17.6. The predicted octanol–water partition coefficient (Wildman–Crippen LogP) is 2.95. The Bertz CT molecular complexity index is 1110. The topological polar surface area (TPSA) is 128 Å². The third-order valence-corrected chi connectivity index (χ3v) is 5.67. The molecule has 0 unspecified atom stereocenters. The molecule has 9 nitrogen and oxygen atoms in total. The molecule has 0 aliphatic rings. The number of aliphatic carboxylic acids is 1. The minimum absolute atomic E-state index is 0.0216. The largest absolute Gasteiger partial charge is 0.493 e. The van der Waals surface area contributed by atoms with Gasteiger partial charge in [-0.2, -0.15) is 8.78 Å². The molecule has 0 bridgehead atoms. The first-order valence-electron chi connectivity index (χ1n) is 9.32. The Morgan fingerprint density at radius 1 is 1.09 bits per heavy atom. The van der Waals surface area contributed by atoms with E-state index in [2.05, 4.69) is 9.46 Å². The van der Waals surface area contributed by atoms with E-state index in [-0.39, 0.29) is 40.7 Å². The van der Waals surface area contributed by atoms with Crippen molar-refractivity contribution in [2.45, 2.75) is 17.9 Å². The van der Waals surface area contributed by atoms with E-state index in [4.69, 9.17) is 14.6 Å². The van der Waals surface area contributed by atoms with E-state index in [0.29, 0.717) is 5.56 Å². The Hall–Kier alpha value is -3.51. The van der Waals surface area contributed by atoms with Crippen molar-refractivity contribution >= 4 is 27.9 Å². The van der Waals surface area contributed by atoms with Gasteiger partial charge in [-0.05, 0) is 48.0 Å². The van der Waals surface area contributed by atoms with E-state index in [1.807, 2.05) is 0 Å². The number of sulfonamides is 1. The minimum Gasteiger partial charge on any atom is -0.493 e. The summed E-state index contributed by atoms with van der Waals surface area (Å²) in [6, 6.07) is 7.79. The number of allylic oxidation sites excluding steroid dienone is 1. The summed E-state index contributed by atoms with van der Waals surface area (Å²) in [6.45, 7) is -3.36. The zero-order valence-corrected chi connectivity index (χ0v) is 18.4. The maximum atomic E-state index is 12.6. The summed E-state index contributed by atoms with van der Waals surface area (Å²) in [5.74, 6) is -1.92. The second-order valence-electron chi connectivity index (χ2n) is 6.40. The summed E-state index contributed by atoms with van der Waals surface area (Å²) in [5, 5.41) is 8.59. The number of ether oxygens (including phenoxy) is 3. The van der Waals surface area contributed by atoms with E-state index < -0.39 is 28.4 Å². The fourth-order valence-electron chi connectivity index (χ4n) is 2.64. The van der Waals surface area contributed by atoms with Gasteiger partial charge in [-0.1, -0.05) is 6.08 Å². The second-order valence-corrected chi connectivity index (χ2v) is 8.16. The average molecular weight is 485 g/mol. The van der Waals surface area contributed by atoms with Gasteiger partial charge in [-0.15, -0.1) is 0 Å². The zero-order chi connectivity index (χ0) is 24.6. The Morgan fingerprint density at radius 3 is 2.15 bits per heavy atom. The van der Waals surface area contributed by atoms with E-state index in [1.165, 1.54) is 62.8 Å². The number of halogens is 2. The molecule has 0 amide bonds. The normalized spacial score (nSPS) is 11.5. The van der Waals surface area contributed by atoms with Crippen molar-refractivity contribution in [3.8, 4) is 17.2 Å². The number of rotatable bonds is 12. The monoisotopic (exact) mass is 485 g/mol. The molecule has 2 N–H and O–H groups in total. The first-order chi connectivity index (χ1) is 15.6. The maximum Gasteiger partial charge on any atom is 0.387 e. The Kier molecular flexibility index (Phi) is 8.88. The summed E-state index contributed by atoms with van der Waals surface area (Å²) >= 11 is 0. The molecule has 33 heavy (non-hydrogen) atoms. The van der Waals surface area contributed by atoms with Crippen LogP contribution in [-0.2, 0) is 14.8 Å². The number of ketones is 1. The number of carboxylic acids is 1. The number of nitrogens with one attached hydrogen (secondary N) is 1. The summed E-state index contributed by atoms with van der Waals surface area (Å²) in [5.41, 5.74) is 0.591. The molecular formula is C21H21F2NO8S. The lowest BCUT2D eigenvalue weighted by Gasteiger charge is -2.14. The lowest BCUT2D eigenvalue weighted by Crippen LogP contribution is -2.26. The number of benzene rings is 2. The molecule has 0 radical (unpaired) electrons. The molecule has 0 aromatic heterocycles. The van der Waals surface area contributed by atoms with Crippen LogP contribution in [0.5, 0.6) is 17.2 Å². The number of carbonyl (C=O) groups excluding carboxylic acids is 1. The quantitative estimate of drug-likeness (QED) is 0.347. The molecule has 12 heteroatoms. The summed E-state index contributed by atoms with van der Waals surface area (Å²) in [6.07, 6.45) is 2.24. The smallest absolute Gasteiger partial charge is 0.387 e. The van der Waals surface area contributed by atoms with Crippen LogP contribution in [0.15, 0.2) is 47.4 Å². The molecule has 0 atom stereocenters. The van der Waals surface area contributed by atoms with Crippen molar-refractivity contribution in [2.24, 2.45) is 0 Å². The van der Waals surface area contributed by atoms with Crippen molar-refractivity contribution < 1.29 is 46.1 Å². The fraction of sp³-hybridized carbons (Fsp3) is 0.238. The molecular weight excluding hydrogens is 464 g/mol. The van der Waals surface area contributed by atoms with Crippen LogP contribution < -0.4 is 18.9 Å². The van der Waals surface area contributed by atoms with Crippen molar-refractivity contribution in [2.75, 3.05) is 20.8 Å². The van der Waals surface area contributed by atoms with Crippen molar-refractivity contribution in [3.63, 3.8) is 0 Å². The molecule has 0 saturated heterocycles. The van der Waals surface area contributed by atoms with E-state index in [1.54, 1.807) is 0 Å². The van der Waals surface area contributed by atoms with Gasteiger partial charge in [0.1, 0.15) is 0 Å². The molecule has 0 aliphatic heterocycles. The Balaban J connectivity index is 2.18. The van der Waals surface area contributed by atoms with Gasteiger partial charge in [0.05, 0.1) is 25.5 Å². The highest BCUT2D eigenvalue weighted by Crippen LogP contribution is 2.39. The van der Waals surface area contributed by atoms with Gasteiger partial charge in [-0.3, -0.25) is 9.59 Å². The van der Waals surface area contributed by atoms with Crippen LogP contribution in [0, 0.1) is 0 Å². The predicted molar refractivity (Wildman–Crippen MR) is 113 cm³/mol. The standard InChI is InChI=1S/C21H21F2NO8S/c1-30-17-11-13(12-18(31-2)20(17)32-21(22)23)3-8-16(25)14-4-6-15(7-5-14)33(28,29)24-10-9-19(26)27/h3-8,11-12,21,24H,9-10H2,1-2H3,(H,26,27)/b8-3+. The van der Waals surface area contributed by atoms with Crippen LogP contribution in [0.3, 0.4) is 0 Å². The van der Waals surface area contributed by atoms with Gasteiger partial charge in [0.25, 0.3) is 0 Å². The summed E-state index contributed by atoms with van der Waals surface area (Å²) < 4.78 is 66.2. The summed E-state index contributed by atoms with van der Waals surface area (Å²) in [4.78, 5) is 22.8. The minimum atomic E-state index is -3.92. The van der Waals surface area contributed by atoms with Crippen molar-refractivity contribution in [3.05, 3.63) is 53.6 Å². The van der Waals surface area contributed by atoms with E-state index in [0.717, 1.165) is 0 Å².